The van der Waals surface area contributed by atoms with Crippen molar-refractivity contribution < 1.29 is 9.00 Å². The van der Waals surface area contributed by atoms with Crippen molar-refractivity contribution >= 4 is 33.3 Å². The van der Waals surface area contributed by atoms with E-state index < -0.39 is 10.8 Å². The van der Waals surface area contributed by atoms with Crippen molar-refractivity contribution in [1.82, 2.24) is 10.3 Å². The predicted molar refractivity (Wildman–Crippen MR) is 83.2 cm³/mol. The topological polar surface area (TPSA) is 88.0 Å². The van der Waals surface area contributed by atoms with Crippen LogP contribution in [0.4, 0.5) is 5.69 Å². The SMILES string of the molecule is CC(CCS(C)=O)NC(=O)c1cc2cccc(N)c2[nH]1. The van der Waals surface area contributed by atoms with Crippen LogP contribution in [0, 0.1) is 0 Å². The van der Waals surface area contributed by atoms with Gasteiger partial charge in [0.15, 0.2) is 0 Å². The molecule has 2 atom stereocenters. The number of hydrogen-bond donors (Lipinski definition) is 3. The summed E-state index contributed by atoms with van der Waals surface area (Å²) in [6.07, 6.45) is 2.35. The number of amides is 1. The summed E-state index contributed by atoms with van der Waals surface area (Å²) in [4.78, 5) is 15.2. The number of fused-ring (bicyclic) bond motifs is 1. The summed E-state index contributed by atoms with van der Waals surface area (Å²) in [6.45, 7) is 1.90. The first-order valence-electron chi connectivity index (χ1n) is 6.45. The third-order valence-electron chi connectivity index (χ3n) is 3.15. The van der Waals surface area contributed by atoms with E-state index in [0.29, 0.717) is 23.6 Å². The number of nitrogen functional groups attached to an aromatic ring is 1. The first-order chi connectivity index (χ1) is 9.47. The lowest BCUT2D eigenvalue weighted by Gasteiger charge is -2.12. The smallest absolute Gasteiger partial charge is 0.267 e. The Morgan fingerprint density at radius 3 is 2.90 bits per heavy atom. The molecule has 4 N–H and O–H groups in total. The molecule has 1 aromatic heterocycles. The largest absolute Gasteiger partial charge is 0.397 e. The van der Waals surface area contributed by atoms with E-state index >= 15 is 0 Å². The van der Waals surface area contributed by atoms with Crippen LogP contribution in [0.15, 0.2) is 24.3 Å². The zero-order valence-electron chi connectivity index (χ0n) is 11.6. The molecule has 1 amide bonds. The number of aromatic nitrogens is 1. The fraction of sp³-hybridized carbons (Fsp3) is 0.357. The van der Waals surface area contributed by atoms with Crippen LogP contribution < -0.4 is 11.1 Å². The predicted octanol–water partition coefficient (Wildman–Crippen LogP) is 1.64. The highest BCUT2D eigenvalue weighted by Gasteiger charge is 2.13. The number of para-hydroxylation sites is 1. The summed E-state index contributed by atoms with van der Waals surface area (Å²) in [5.74, 6) is 0.413. The van der Waals surface area contributed by atoms with Crippen LogP contribution >= 0.6 is 0 Å². The number of H-pyrrole nitrogens is 1. The second-order valence-corrected chi connectivity index (χ2v) is 6.49. The number of benzene rings is 1. The summed E-state index contributed by atoms with van der Waals surface area (Å²) >= 11 is 0. The minimum absolute atomic E-state index is 0.0184. The van der Waals surface area contributed by atoms with Crippen molar-refractivity contribution in [2.75, 3.05) is 17.7 Å². The molecule has 0 bridgehead atoms. The van der Waals surface area contributed by atoms with E-state index in [4.69, 9.17) is 5.73 Å². The molecule has 108 valence electrons. The van der Waals surface area contributed by atoms with Gasteiger partial charge in [-0.3, -0.25) is 9.00 Å². The second kappa shape index (κ2) is 6.09. The van der Waals surface area contributed by atoms with Crippen LogP contribution in [0.25, 0.3) is 10.9 Å². The lowest BCUT2D eigenvalue weighted by atomic mass is 10.2. The number of nitrogens with two attached hydrogens (primary N) is 1. The summed E-state index contributed by atoms with van der Waals surface area (Å²) in [6, 6.07) is 7.32. The molecular weight excluding hydrogens is 274 g/mol. The van der Waals surface area contributed by atoms with Gasteiger partial charge in [0.1, 0.15) is 5.69 Å². The Kier molecular flexibility index (Phi) is 4.44. The van der Waals surface area contributed by atoms with Gasteiger partial charge in [-0.15, -0.1) is 0 Å². The molecule has 0 fully saturated rings. The number of nitrogens with one attached hydrogen (secondary N) is 2. The van der Waals surface area contributed by atoms with E-state index in [1.54, 1.807) is 18.4 Å². The van der Waals surface area contributed by atoms with Gasteiger partial charge in [0, 0.05) is 34.2 Å². The molecule has 5 nitrogen and oxygen atoms in total. The maximum atomic E-state index is 12.1. The Bertz CT molecular complexity index is 651. The van der Waals surface area contributed by atoms with Gasteiger partial charge in [0.25, 0.3) is 5.91 Å². The zero-order chi connectivity index (χ0) is 14.7. The van der Waals surface area contributed by atoms with E-state index in [-0.39, 0.29) is 11.9 Å². The Labute approximate surface area is 120 Å². The monoisotopic (exact) mass is 293 g/mol. The normalized spacial score (nSPS) is 14.1. The molecule has 0 saturated heterocycles. The quantitative estimate of drug-likeness (QED) is 0.732. The average molecular weight is 293 g/mol. The van der Waals surface area contributed by atoms with Crippen LogP contribution in [-0.4, -0.2) is 33.2 Å². The highest BCUT2D eigenvalue weighted by Crippen LogP contribution is 2.21. The van der Waals surface area contributed by atoms with Crippen LogP contribution in [-0.2, 0) is 10.8 Å². The highest BCUT2D eigenvalue weighted by atomic mass is 32.2. The summed E-state index contributed by atoms with van der Waals surface area (Å²) < 4.78 is 11.0. The molecule has 20 heavy (non-hydrogen) atoms. The fourth-order valence-corrected chi connectivity index (χ4v) is 2.70. The van der Waals surface area contributed by atoms with Gasteiger partial charge in [0.2, 0.25) is 0 Å². The number of carbonyl (C=O) groups excluding carboxylic acids is 1. The van der Waals surface area contributed by atoms with E-state index in [9.17, 15) is 9.00 Å². The molecule has 0 aliphatic rings. The molecule has 2 aromatic rings. The molecule has 1 heterocycles. The number of rotatable bonds is 5. The Morgan fingerprint density at radius 1 is 1.50 bits per heavy atom. The molecule has 0 saturated carbocycles. The third-order valence-corrected chi connectivity index (χ3v) is 3.96. The first-order valence-corrected chi connectivity index (χ1v) is 8.18. The van der Waals surface area contributed by atoms with E-state index in [0.717, 1.165) is 10.9 Å². The maximum Gasteiger partial charge on any atom is 0.267 e. The molecule has 1 aromatic carbocycles. The van der Waals surface area contributed by atoms with Crippen molar-refractivity contribution in [1.29, 1.82) is 0 Å². The standard InChI is InChI=1S/C14H19N3O2S/c1-9(6-7-20(2)19)16-14(18)12-8-10-4-3-5-11(15)13(10)17-12/h3-5,8-9,17H,6-7,15H2,1-2H3,(H,16,18). The lowest BCUT2D eigenvalue weighted by Crippen LogP contribution is -2.33. The number of hydrogen-bond acceptors (Lipinski definition) is 3. The van der Waals surface area contributed by atoms with Crippen molar-refractivity contribution in [3.8, 4) is 0 Å². The van der Waals surface area contributed by atoms with Crippen molar-refractivity contribution in [2.24, 2.45) is 0 Å². The van der Waals surface area contributed by atoms with Crippen LogP contribution in [0.3, 0.4) is 0 Å². The minimum atomic E-state index is -0.837. The van der Waals surface area contributed by atoms with Crippen LogP contribution in [0.1, 0.15) is 23.8 Å². The third kappa shape index (κ3) is 3.39. The van der Waals surface area contributed by atoms with Gasteiger partial charge in [0.05, 0.1) is 11.2 Å². The summed E-state index contributed by atoms with van der Waals surface area (Å²) in [5.41, 5.74) is 7.74. The number of anilines is 1. The van der Waals surface area contributed by atoms with Gasteiger partial charge in [-0.2, -0.15) is 0 Å². The molecule has 0 radical (unpaired) electrons. The molecule has 0 aliphatic heterocycles. The van der Waals surface area contributed by atoms with Crippen molar-refractivity contribution in [3.05, 3.63) is 30.0 Å². The van der Waals surface area contributed by atoms with E-state index in [1.165, 1.54) is 0 Å². The highest BCUT2D eigenvalue weighted by molar-refractivity contribution is 7.84. The second-order valence-electron chi connectivity index (χ2n) is 4.93. The zero-order valence-corrected chi connectivity index (χ0v) is 12.4. The molecular formula is C14H19N3O2S. The first kappa shape index (κ1) is 14.6. The van der Waals surface area contributed by atoms with Crippen molar-refractivity contribution in [2.45, 2.75) is 19.4 Å². The Morgan fingerprint density at radius 2 is 2.25 bits per heavy atom. The number of carbonyl (C=O) groups is 1. The molecule has 2 rings (SSSR count). The fourth-order valence-electron chi connectivity index (χ4n) is 2.02. The average Bonchev–Trinajstić information content (AvgIpc) is 2.82. The van der Waals surface area contributed by atoms with Crippen molar-refractivity contribution in [3.63, 3.8) is 0 Å². The minimum Gasteiger partial charge on any atom is -0.397 e. The molecule has 0 aliphatic carbocycles. The summed E-state index contributed by atoms with van der Waals surface area (Å²) in [5, 5.41) is 3.80. The summed E-state index contributed by atoms with van der Waals surface area (Å²) in [7, 11) is -0.837. The Hall–Kier alpha value is -1.82. The Balaban J connectivity index is 2.07. The van der Waals surface area contributed by atoms with Crippen LogP contribution in [0.2, 0.25) is 0 Å². The van der Waals surface area contributed by atoms with Gasteiger partial charge < -0.3 is 16.0 Å². The van der Waals surface area contributed by atoms with Gasteiger partial charge in [-0.25, -0.2) is 0 Å². The molecule has 2 unspecified atom stereocenters. The number of aromatic amines is 1. The molecule has 6 heteroatoms. The van der Waals surface area contributed by atoms with Gasteiger partial charge in [-0.05, 0) is 25.5 Å². The molecule has 0 spiro atoms. The van der Waals surface area contributed by atoms with Crippen LogP contribution in [0.5, 0.6) is 0 Å². The maximum absolute atomic E-state index is 12.1. The van der Waals surface area contributed by atoms with E-state index in [2.05, 4.69) is 10.3 Å². The lowest BCUT2D eigenvalue weighted by molar-refractivity contribution is 0.0935. The van der Waals surface area contributed by atoms with Gasteiger partial charge in [-0.1, -0.05) is 12.1 Å². The van der Waals surface area contributed by atoms with Gasteiger partial charge >= 0.3 is 0 Å². The van der Waals surface area contributed by atoms with E-state index in [1.807, 2.05) is 19.1 Å².